The summed E-state index contributed by atoms with van der Waals surface area (Å²) in [5, 5.41) is 40.2. The minimum Gasteiger partial charge on any atom is -0.471 e. The highest BCUT2D eigenvalue weighted by molar-refractivity contribution is 5.89. The summed E-state index contributed by atoms with van der Waals surface area (Å²) in [6.45, 7) is 0.535. The smallest absolute Gasteiger partial charge is 0.337 e. The Morgan fingerprint density at radius 3 is 2.53 bits per heavy atom. The van der Waals surface area contributed by atoms with E-state index in [1.54, 1.807) is 6.08 Å². The molecule has 11 nitrogen and oxygen atoms in total. The van der Waals surface area contributed by atoms with Gasteiger partial charge in [0.25, 0.3) is 0 Å². The molecular formula is C19H26O11. The van der Waals surface area contributed by atoms with Crippen LogP contribution in [-0.4, -0.2) is 89.7 Å². The zero-order valence-corrected chi connectivity index (χ0v) is 16.5. The monoisotopic (exact) mass is 430 g/mol. The predicted molar refractivity (Wildman–Crippen MR) is 96.1 cm³/mol. The molecule has 1 saturated heterocycles. The van der Waals surface area contributed by atoms with Crippen LogP contribution in [0.3, 0.4) is 0 Å². The molecule has 0 unspecified atom stereocenters. The van der Waals surface area contributed by atoms with E-state index in [0.717, 1.165) is 0 Å². The molecule has 11 heteroatoms. The molecule has 0 aromatic carbocycles. The fourth-order valence-electron chi connectivity index (χ4n) is 3.92. The number of aliphatic hydroxyl groups is 4. The number of methoxy groups -OCH3 is 1. The number of carbonyl (C=O) groups is 2. The Morgan fingerprint density at radius 1 is 1.17 bits per heavy atom. The van der Waals surface area contributed by atoms with Crippen LogP contribution in [0.15, 0.2) is 23.5 Å². The largest absolute Gasteiger partial charge is 0.471 e. The van der Waals surface area contributed by atoms with Crippen LogP contribution in [-0.2, 0) is 33.3 Å². The first-order valence-corrected chi connectivity index (χ1v) is 9.50. The quantitative estimate of drug-likeness (QED) is 0.282. The summed E-state index contributed by atoms with van der Waals surface area (Å²) in [4.78, 5) is 23.1. The number of allylic oxidation sites excluding steroid dienone is 1. The third-order valence-corrected chi connectivity index (χ3v) is 5.51. The van der Waals surface area contributed by atoms with Crippen LogP contribution in [0.2, 0.25) is 0 Å². The zero-order valence-electron chi connectivity index (χ0n) is 16.5. The van der Waals surface area contributed by atoms with Crippen LogP contribution in [0.25, 0.3) is 0 Å². The van der Waals surface area contributed by atoms with Crippen molar-refractivity contribution in [3.05, 3.63) is 23.5 Å². The van der Waals surface area contributed by atoms with Gasteiger partial charge in [-0.05, 0) is 12.0 Å². The van der Waals surface area contributed by atoms with Gasteiger partial charge in [-0.15, -0.1) is 0 Å². The van der Waals surface area contributed by atoms with Gasteiger partial charge in [-0.3, -0.25) is 4.79 Å². The Bertz CT molecular complexity index is 717. The molecule has 1 fully saturated rings. The summed E-state index contributed by atoms with van der Waals surface area (Å²) in [6.07, 6.45) is -4.94. The fourth-order valence-corrected chi connectivity index (χ4v) is 3.92. The lowest BCUT2D eigenvalue weighted by Crippen LogP contribution is -2.60. The topological polar surface area (TPSA) is 161 Å². The van der Waals surface area contributed by atoms with E-state index in [-0.39, 0.29) is 24.7 Å². The first-order valence-electron chi connectivity index (χ1n) is 9.50. The Labute approximate surface area is 172 Å². The molecule has 0 spiro atoms. The van der Waals surface area contributed by atoms with E-state index >= 15 is 0 Å². The van der Waals surface area contributed by atoms with E-state index < -0.39 is 54.9 Å². The third kappa shape index (κ3) is 4.36. The average Bonchev–Trinajstić information content (AvgIpc) is 3.17. The molecular weight excluding hydrogens is 404 g/mol. The summed E-state index contributed by atoms with van der Waals surface area (Å²) < 4.78 is 26.4. The molecule has 168 valence electrons. The molecule has 0 aromatic heterocycles. The number of rotatable bonds is 6. The lowest BCUT2D eigenvalue weighted by Gasteiger charge is -2.43. The number of hydrogen-bond acceptors (Lipinski definition) is 11. The number of carbonyl (C=O) groups excluding carboxylic acids is 2. The van der Waals surface area contributed by atoms with Gasteiger partial charge in [-0.25, -0.2) is 4.79 Å². The van der Waals surface area contributed by atoms with Crippen LogP contribution in [0.1, 0.15) is 13.3 Å². The van der Waals surface area contributed by atoms with Crippen LogP contribution >= 0.6 is 0 Å². The van der Waals surface area contributed by atoms with E-state index in [0.29, 0.717) is 12.0 Å². The lowest BCUT2D eigenvalue weighted by molar-refractivity contribution is -0.339. The second-order valence-corrected chi connectivity index (χ2v) is 7.33. The maximum Gasteiger partial charge on any atom is 0.337 e. The van der Waals surface area contributed by atoms with Crippen molar-refractivity contribution in [2.45, 2.75) is 50.3 Å². The Hall–Kier alpha value is -2.02. The van der Waals surface area contributed by atoms with Gasteiger partial charge < -0.3 is 44.1 Å². The molecule has 0 saturated carbocycles. The van der Waals surface area contributed by atoms with Crippen molar-refractivity contribution < 1.29 is 53.7 Å². The zero-order chi connectivity index (χ0) is 22.0. The van der Waals surface area contributed by atoms with E-state index in [2.05, 4.69) is 0 Å². The highest BCUT2D eigenvalue weighted by Crippen LogP contribution is 2.44. The molecule has 2 aliphatic heterocycles. The molecule has 8 atom stereocenters. The van der Waals surface area contributed by atoms with Gasteiger partial charge in [0.1, 0.15) is 31.0 Å². The van der Waals surface area contributed by atoms with E-state index in [1.807, 2.05) is 0 Å². The van der Waals surface area contributed by atoms with Crippen LogP contribution in [0.5, 0.6) is 0 Å². The maximum atomic E-state index is 12.0. The summed E-state index contributed by atoms with van der Waals surface area (Å²) in [5.74, 6) is -2.09. The van der Waals surface area contributed by atoms with Gasteiger partial charge in [-0.1, -0.05) is 6.08 Å². The van der Waals surface area contributed by atoms with Crippen molar-refractivity contribution in [2.24, 2.45) is 11.8 Å². The molecule has 30 heavy (non-hydrogen) atoms. The molecule has 3 aliphatic rings. The second-order valence-electron chi connectivity index (χ2n) is 7.33. The van der Waals surface area contributed by atoms with Gasteiger partial charge in [0.05, 0.1) is 31.5 Å². The standard InChI is InChI=1S/C19H26O11/c1-8(21)27-7-12-14(22)15(23)16(24)19(29-12)30-18-13-9(5-20)3-4-10(13)11(6-28-18)17(25)26-2/h3,6,10,12-16,18-20,22-24H,4-5,7H2,1-2H3/t10-,12-,13-,14-,15+,16-,18+,19+/m1/s1. The third-order valence-electron chi connectivity index (χ3n) is 5.51. The summed E-state index contributed by atoms with van der Waals surface area (Å²) in [5.41, 5.74) is 0.872. The van der Waals surface area contributed by atoms with Crippen LogP contribution < -0.4 is 0 Å². The van der Waals surface area contributed by atoms with Crippen LogP contribution in [0, 0.1) is 11.8 Å². The summed E-state index contributed by atoms with van der Waals surface area (Å²) >= 11 is 0. The Morgan fingerprint density at radius 2 is 1.90 bits per heavy atom. The average molecular weight is 430 g/mol. The van der Waals surface area contributed by atoms with Crippen LogP contribution in [0.4, 0.5) is 0 Å². The Kier molecular flexibility index (Phi) is 7.11. The first-order chi connectivity index (χ1) is 14.3. The molecule has 1 aliphatic carbocycles. The second kappa shape index (κ2) is 9.41. The minimum absolute atomic E-state index is 0.287. The van der Waals surface area contributed by atoms with Crippen molar-refractivity contribution in [1.82, 2.24) is 0 Å². The molecule has 0 radical (unpaired) electrons. The molecule has 2 heterocycles. The predicted octanol–water partition coefficient (Wildman–Crippen LogP) is -1.66. The number of esters is 2. The summed E-state index contributed by atoms with van der Waals surface area (Å²) in [6, 6.07) is 0. The van der Waals surface area contributed by atoms with Crippen molar-refractivity contribution in [3.63, 3.8) is 0 Å². The van der Waals surface area contributed by atoms with E-state index in [1.165, 1.54) is 20.3 Å². The number of fused-ring (bicyclic) bond motifs is 1. The van der Waals surface area contributed by atoms with Gasteiger partial charge >= 0.3 is 11.9 Å². The first kappa shape index (κ1) is 22.7. The number of hydrogen-bond donors (Lipinski definition) is 4. The van der Waals surface area contributed by atoms with Crippen molar-refractivity contribution in [1.29, 1.82) is 0 Å². The van der Waals surface area contributed by atoms with Crippen molar-refractivity contribution in [3.8, 4) is 0 Å². The highest BCUT2D eigenvalue weighted by atomic mass is 16.8. The van der Waals surface area contributed by atoms with Gasteiger partial charge in [-0.2, -0.15) is 0 Å². The van der Waals surface area contributed by atoms with E-state index in [4.69, 9.17) is 23.7 Å². The Balaban J connectivity index is 1.77. The van der Waals surface area contributed by atoms with E-state index in [9.17, 15) is 30.0 Å². The highest BCUT2D eigenvalue weighted by Gasteiger charge is 2.50. The minimum atomic E-state index is -1.62. The van der Waals surface area contributed by atoms with Gasteiger partial charge in [0.15, 0.2) is 6.29 Å². The molecule has 0 aromatic rings. The van der Waals surface area contributed by atoms with Crippen molar-refractivity contribution >= 4 is 11.9 Å². The SMILES string of the molecule is COC(=O)C1=CO[C@@H](O[C@@H]2O[C@H](COC(C)=O)[C@@H](O)[C@H](O)[C@H]2O)[C@@H]2C(CO)=CC[C@H]12. The van der Waals surface area contributed by atoms with Crippen molar-refractivity contribution in [2.75, 3.05) is 20.3 Å². The molecule has 4 N–H and O–H groups in total. The molecule has 0 amide bonds. The fraction of sp³-hybridized carbons (Fsp3) is 0.684. The maximum absolute atomic E-state index is 12.0. The normalized spacial score (nSPS) is 38.1. The summed E-state index contributed by atoms with van der Waals surface area (Å²) in [7, 11) is 1.25. The van der Waals surface area contributed by atoms with Gasteiger partial charge in [0, 0.05) is 12.8 Å². The molecule has 3 rings (SSSR count). The molecule has 0 bridgehead atoms. The number of aliphatic hydroxyl groups excluding tert-OH is 4. The lowest BCUT2D eigenvalue weighted by atomic mass is 9.83. The van der Waals surface area contributed by atoms with Gasteiger partial charge in [0.2, 0.25) is 6.29 Å². The number of ether oxygens (including phenoxy) is 5.